The van der Waals surface area contributed by atoms with Gasteiger partial charge in [-0.05, 0) is 62.1 Å². The first-order valence-electron chi connectivity index (χ1n) is 13.3. The SMILES string of the molecule is O=C(C1CC1)N1CCN(c2ccnn3cc(-c4ccc(N5CCN6CCCC6C5)cc4)cc23)CC1. The summed E-state index contributed by atoms with van der Waals surface area (Å²) in [6.45, 7) is 8.13. The monoisotopic (exact) mass is 470 g/mol. The second kappa shape index (κ2) is 8.55. The quantitative estimate of drug-likeness (QED) is 0.585. The van der Waals surface area contributed by atoms with Crippen molar-refractivity contribution in [1.29, 1.82) is 0 Å². The van der Waals surface area contributed by atoms with E-state index in [9.17, 15) is 4.79 Å². The number of anilines is 2. The Labute approximate surface area is 206 Å². The third-order valence-corrected chi connectivity index (χ3v) is 8.50. The number of carbonyl (C=O) groups is 1. The molecule has 2 aromatic heterocycles. The molecule has 1 unspecified atom stereocenters. The molecule has 7 rings (SSSR count). The van der Waals surface area contributed by atoms with Crippen LogP contribution in [-0.2, 0) is 4.79 Å². The number of piperazine rings is 2. The van der Waals surface area contributed by atoms with E-state index in [1.54, 1.807) is 0 Å². The maximum atomic E-state index is 12.4. The zero-order chi connectivity index (χ0) is 23.4. The lowest BCUT2D eigenvalue weighted by atomic mass is 10.1. The molecule has 0 radical (unpaired) electrons. The van der Waals surface area contributed by atoms with Crippen LogP contribution in [0, 0.1) is 5.92 Å². The Balaban J connectivity index is 1.08. The van der Waals surface area contributed by atoms with E-state index < -0.39 is 0 Å². The number of aromatic nitrogens is 2. The molecule has 7 heteroatoms. The Morgan fingerprint density at radius 2 is 1.63 bits per heavy atom. The van der Waals surface area contributed by atoms with Crippen LogP contribution in [0.15, 0.2) is 48.8 Å². The molecule has 1 atom stereocenters. The van der Waals surface area contributed by atoms with Crippen LogP contribution in [0.2, 0.25) is 0 Å². The highest BCUT2D eigenvalue weighted by atomic mass is 16.2. The standard InChI is InChI=1S/C28H34N6O/c35-28(22-3-4-22)32-15-13-31(14-16-32)26-9-10-29-34-19-23(18-27(26)34)21-5-7-24(8-6-21)33-17-12-30-11-1-2-25(30)20-33/h5-10,18-19,22,25H,1-4,11-17,20H2. The second-order valence-electron chi connectivity index (χ2n) is 10.7. The van der Waals surface area contributed by atoms with E-state index in [2.05, 4.69) is 67.3 Å². The van der Waals surface area contributed by atoms with Gasteiger partial charge in [0.2, 0.25) is 5.91 Å². The average molecular weight is 471 g/mol. The molecule has 4 aliphatic rings. The first-order valence-corrected chi connectivity index (χ1v) is 13.3. The fourth-order valence-corrected chi connectivity index (χ4v) is 6.27. The van der Waals surface area contributed by atoms with Crippen molar-refractivity contribution in [3.63, 3.8) is 0 Å². The van der Waals surface area contributed by atoms with Crippen LogP contribution >= 0.6 is 0 Å². The highest BCUT2D eigenvalue weighted by molar-refractivity contribution is 5.82. The maximum Gasteiger partial charge on any atom is 0.225 e. The third-order valence-electron chi connectivity index (χ3n) is 8.50. The van der Waals surface area contributed by atoms with E-state index in [0.29, 0.717) is 11.8 Å². The minimum absolute atomic E-state index is 0.307. The van der Waals surface area contributed by atoms with Crippen LogP contribution < -0.4 is 9.80 Å². The molecule has 182 valence electrons. The zero-order valence-corrected chi connectivity index (χ0v) is 20.4. The summed E-state index contributed by atoms with van der Waals surface area (Å²) in [6.07, 6.45) is 8.87. The highest BCUT2D eigenvalue weighted by Crippen LogP contribution is 2.33. The first kappa shape index (κ1) is 21.2. The Morgan fingerprint density at radius 3 is 2.43 bits per heavy atom. The molecule has 1 aromatic carbocycles. The van der Waals surface area contributed by atoms with Gasteiger partial charge >= 0.3 is 0 Å². The van der Waals surface area contributed by atoms with E-state index in [4.69, 9.17) is 0 Å². The molecule has 4 fully saturated rings. The lowest BCUT2D eigenvalue weighted by Crippen LogP contribution is -2.50. The molecule has 35 heavy (non-hydrogen) atoms. The Hall–Kier alpha value is -3.06. The predicted molar refractivity (Wildman–Crippen MR) is 139 cm³/mol. The normalized spacial score (nSPS) is 23.2. The number of nitrogens with zero attached hydrogens (tertiary/aromatic N) is 6. The van der Waals surface area contributed by atoms with E-state index in [0.717, 1.165) is 63.7 Å². The number of rotatable bonds is 4. The van der Waals surface area contributed by atoms with Gasteiger partial charge in [0.1, 0.15) is 0 Å². The number of hydrogen-bond acceptors (Lipinski definition) is 5. The van der Waals surface area contributed by atoms with Gasteiger partial charge in [0.25, 0.3) is 0 Å². The first-order chi connectivity index (χ1) is 17.2. The van der Waals surface area contributed by atoms with Crippen molar-refractivity contribution in [2.45, 2.75) is 31.7 Å². The topological polar surface area (TPSA) is 47.3 Å². The highest BCUT2D eigenvalue weighted by Gasteiger charge is 2.35. The van der Waals surface area contributed by atoms with Gasteiger partial charge in [-0.15, -0.1) is 0 Å². The summed E-state index contributed by atoms with van der Waals surface area (Å²) in [5.41, 5.74) is 6.09. The molecule has 0 N–H and O–H groups in total. The maximum absolute atomic E-state index is 12.4. The van der Waals surface area contributed by atoms with Crippen molar-refractivity contribution < 1.29 is 4.79 Å². The van der Waals surface area contributed by atoms with E-state index in [1.165, 1.54) is 48.4 Å². The van der Waals surface area contributed by atoms with Gasteiger partial charge in [-0.3, -0.25) is 9.69 Å². The molecule has 0 spiro atoms. The number of carbonyl (C=O) groups excluding carboxylic acids is 1. The molecule has 1 aliphatic carbocycles. The molecule has 3 saturated heterocycles. The fraction of sp³-hybridized carbons (Fsp3) is 0.500. The van der Waals surface area contributed by atoms with Crippen molar-refractivity contribution in [2.24, 2.45) is 5.92 Å². The Morgan fingerprint density at radius 1 is 0.829 bits per heavy atom. The van der Waals surface area contributed by atoms with Crippen molar-refractivity contribution in [3.8, 4) is 11.1 Å². The van der Waals surface area contributed by atoms with E-state index >= 15 is 0 Å². The summed E-state index contributed by atoms with van der Waals surface area (Å²) < 4.78 is 2.00. The number of amides is 1. The molecule has 0 bridgehead atoms. The number of hydrogen-bond donors (Lipinski definition) is 0. The van der Waals surface area contributed by atoms with E-state index in [1.807, 2.05) is 10.7 Å². The predicted octanol–water partition coefficient (Wildman–Crippen LogP) is 3.34. The van der Waals surface area contributed by atoms with Crippen LogP contribution in [0.5, 0.6) is 0 Å². The summed E-state index contributed by atoms with van der Waals surface area (Å²) in [6, 6.07) is 14.2. The summed E-state index contributed by atoms with van der Waals surface area (Å²) in [5, 5.41) is 4.59. The number of benzene rings is 1. The fourth-order valence-electron chi connectivity index (χ4n) is 6.27. The summed E-state index contributed by atoms with van der Waals surface area (Å²) >= 11 is 0. The van der Waals surface area contributed by atoms with Gasteiger partial charge in [-0.25, -0.2) is 4.52 Å². The van der Waals surface area contributed by atoms with Crippen LogP contribution in [0.25, 0.3) is 16.6 Å². The third kappa shape index (κ3) is 3.96. The van der Waals surface area contributed by atoms with Gasteiger partial charge < -0.3 is 14.7 Å². The van der Waals surface area contributed by atoms with Crippen LogP contribution in [0.1, 0.15) is 25.7 Å². The molecular weight excluding hydrogens is 436 g/mol. The molecular formula is C28H34N6O. The number of fused-ring (bicyclic) bond motifs is 2. The van der Waals surface area contributed by atoms with Crippen LogP contribution in [-0.4, -0.2) is 83.7 Å². The molecule has 3 aliphatic heterocycles. The minimum Gasteiger partial charge on any atom is -0.369 e. The van der Waals surface area contributed by atoms with Crippen LogP contribution in [0.3, 0.4) is 0 Å². The van der Waals surface area contributed by atoms with Gasteiger partial charge in [0.15, 0.2) is 0 Å². The van der Waals surface area contributed by atoms with Crippen molar-refractivity contribution in [2.75, 3.05) is 62.2 Å². The molecule has 1 saturated carbocycles. The van der Waals surface area contributed by atoms with Crippen molar-refractivity contribution in [3.05, 3.63) is 48.8 Å². The summed E-state index contributed by atoms with van der Waals surface area (Å²) in [5.74, 6) is 0.671. The Bertz CT molecular complexity index is 1220. The molecule has 3 aromatic rings. The largest absolute Gasteiger partial charge is 0.369 e. The zero-order valence-electron chi connectivity index (χ0n) is 20.4. The van der Waals surface area contributed by atoms with Crippen LogP contribution in [0.4, 0.5) is 11.4 Å². The van der Waals surface area contributed by atoms with Crippen molar-refractivity contribution >= 4 is 22.8 Å². The smallest absolute Gasteiger partial charge is 0.225 e. The summed E-state index contributed by atoms with van der Waals surface area (Å²) in [7, 11) is 0. The van der Waals surface area contributed by atoms with Gasteiger partial charge in [0.05, 0.1) is 11.2 Å². The molecule has 1 amide bonds. The molecule has 5 heterocycles. The second-order valence-corrected chi connectivity index (χ2v) is 10.7. The lowest BCUT2D eigenvalue weighted by molar-refractivity contribution is -0.132. The van der Waals surface area contributed by atoms with E-state index in [-0.39, 0.29) is 0 Å². The molecule has 7 nitrogen and oxygen atoms in total. The van der Waals surface area contributed by atoms with Gasteiger partial charge in [0, 0.05) is 81.4 Å². The summed E-state index contributed by atoms with van der Waals surface area (Å²) in [4.78, 5) is 22.1. The lowest BCUT2D eigenvalue weighted by Gasteiger charge is -2.38. The van der Waals surface area contributed by atoms with Crippen molar-refractivity contribution in [1.82, 2.24) is 19.4 Å². The Kier molecular flexibility index (Phi) is 5.19. The van der Waals surface area contributed by atoms with Gasteiger partial charge in [-0.1, -0.05) is 12.1 Å². The average Bonchev–Trinajstić information content (AvgIpc) is 3.49. The van der Waals surface area contributed by atoms with Gasteiger partial charge in [-0.2, -0.15) is 5.10 Å². The minimum atomic E-state index is 0.307.